The Labute approximate surface area is 105 Å². The SMILES string of the molecule is COc1c(F)cc(F)cc1C(=O)C(Cl)(Cl)Cl. The number of halogens is 5. The van der Waals surface area contributed by atoms with Crippen molar-refractivity contribution in [3.05, 3.63) is 29.3 Å². The molecule has 0 saturated heterocycles. The van der Waals surface area contributed by atoms with E-state index in [2.05, 4.69) is 4.74 Å². The molecule has 16 heavy (non-hydrogen) atoms. The van der Waals surface area contributed by atoms with Gasteiger partial charge in [0.15, 0.2) is 11.6 Å². The second kappa shape index (κ2) is 4.73. The van der Waals surface area contributed by atoms with Crippen LogP contribution in [0, 0.1) is 11.6 Å². The number of carbonyl (C=O) groups excluding carboxylic acids is 1. The first kappa shape index (κ1) is 13.5. The lowest BCUT2D eigenvalue weighted by Gasteiger charge is -2.13. The van der Waals surface area contributed by atoms with Crippen molar-refractivity contribution in [3.8, 4) is 5.75 Å². The van der Waals surface area contributed by atoms with Gasteiger partial charge in [0.1, 0.15) is 5.82 Å². The van der Waals surface area contributed by atoms with E-state index in [0.717, 1.165) is 13.2 Å². The maximum Gasteiger partial charge on any atom is 0.253 e. The number of alkyl halides is 3. The first-order valence-corrected chi connectivity index (χ1v) is 5.05. The van der Waals surface area contributed by atoms with Gasteiger partial charge in [0, 0.05) is 6.07 Å². The third-order valence-electron chi connectivity index (χ3n) is 1.71. The summed E-state index contributed by atoms with van der Waals surface area (Å²) in [6.45, 7) is 0. The summed E-state index contributed by atoms with van der Waals surface area (Å²) in [7, 11) is 1.12. The fourth-order valence-electron chi connectivity index (χ4n) is 1.09. The van der Waals surface area contributed by atoms with Crippen molar-refractivity contribution >= 4 is 40.6 Å². The minimum absolute atomic E-state index is 0.458. The number of hydrogen-bond acceptors (Lipinski definition) is 2. The third kappa shape index (κ3) is 2.75. The highest BCUT2D eigenvalue weighted by Crippen LogP contribution is 2.35. The number of hydrogen-bond donors (Lipinski definition) is 0. The average molecular weight is 289 g/mol. The summed E-state index contributed by atoms with van der Waals surface area (Å²) in [5.74, 6) is -3.53. The van der Waals surface area contributed by atoms with Gasteiger partial charge < -0.3 is 4.74 Å². The van der Waals surface area contributed by atoms with Gasteiger partial charge in [-0.3, -0.25) is 4.79 Å². The van der Waals surface area contributed by atoms with E-state index in [0.29, 0.717) is 6.07 Å². The highest BCUT2D eigenvalue weighted by Gasteiger charge is 2.35. The number of ketones is 1. The standard InChI is InChI=1S/C9H5Cl3F2O2/c1-16-7-5(8(15)9(10,11)12)2-4(13)3-6(7)14/h2-3H,1H3. The second-order valence-corrected chi connectivity index (χ2v) is 5.08. The van der Waals surface area contributed by atoms with E-state index < -0.39 is 32.5 Å². The Morgan fingerprint density at radius 3 is 2.31 bits per heavy atom. The molecule has 1 aromatic carbocycles. The summed E-state index contributed by atoms with van der Waals surface area (Å²) in [6, 6.07) is 1.31. The number of ether oxygens (including phenoxy) is 1. The molecule has 0 aromatic heterocycles. The number of carbonyl (C=O) groups is 1. The molecule has 0 amide bonds. The lowest BCUT2D eigenvalue weighted by atomic mass is 10.1. The van der Waals surface area contributed by atoms with Crippen LogP contribution in [0.15, 0.2) is 12.1 Å². The van der Waals surface area contributed by atoms with Crippen LogP contribution in [-0.2, 0) is 0 Å². The highest BCUT2D eigenvalue weighted by atomic mass is 35.6. The minimum Gasteiger partial charge on any atom is -0.493 e. The predicted octanol–water partition coefficient (Wildman–Crippen LogP) is 3.53. The van der Waals surface area contributed by atoms with Crippen molar-refractivity contribution in [1.29, 1.82) is 0 Å². The number of benzene rings is 1. The van der Waals surface area contributed by atoms with Crippen LogP contribution in [0.3, 0.4) is 0 Å². The molecule has 0 aliphatic carbocycles. The molecule has 0 N–H and O–H groups in total. The van der Waals surface area contributed by atoms with Crippen LogP contribution in [0.4, 0.5) is 8.78 Å². The molecule has 0 saturated carbocycles. The molecule has 0 spiro atoms. The van der Waals surface area contributed by atoms with Crippen LogP contribution < -0.4 is 4.74 Å². The van der Waals surface area contributed by atoms with Crippen molar-refractivity contribution < 1.29 is 18.3 Å². The zero-order chi connectivity index (χ0) is 12.5. The minimum atomic E-state index is -2.30. The van der Waals surface area contributed by atoms with Gasteiger partial charge >= 0.3 is 0 Å². The highest BCUT2D eigenvalue weighted by molar-refractivity contribution is 6.77. The van der Waals surface area contributed by atoms with E-state index in [-0.39, 0.29) is 0 Å². The summed E-state index contributed by atoms with van der Waals surface area (Å²) in [5.41, 5.74) is -0.458. The van der Waals surface area contributed by atoms with E-state index in [1.54, 1.807) is 0 Å². The summed E-state index contributed by atoms with van der Waals surface area (Å²) < 4.78 is 28.4. The van der Waals surface area contributed by atoms with Gasteiger partial charge in [0.2, 0.25) is 5.78 Å². The topological polar surface area (TPSA) is 26.3 Å². The maximum absolute atomic E-state index is 13.2. The van der Waals surface area contributed by atoms with Crippen molar-refractivity contribution in [2.24, 2.45) is 0 Å². The molecule has 0 aliphatic heterocycles. The smallest absolute Gasteiger partial charge is 0.253 e. The fraction of sp³-hybridized carbons (Fsp3) is 0.222. The van der Waals surface area contributed by atoms with E-state index >= 15 is 0 Å². The van der Waals surface area contributed by atoms with Crippen molar-refractivity contribution in [2.45, 2.75) is 3.79 Å². The summed E-state index contributed by atoms with van der Waals surface area (Å²) in [4.78, 5) is 11.5. The third-order valence-corrected chi connectivity index (χ3v) is 2.23. The quantitative estimate of drug-likeness (QED) is 0.615. The molecule has 1 aromatic rings. The summed E-state index contributed by atoms with van der Waals surface area (Å²) in [6.07, 6.45) is 0. The van der Waals surface area contributed by atoms with E-state index in [9.17, 15) is 13.6 Å². The van der Waals surface area contributed by atoms with Gasteiger partial charge in [0.25, 0.3) is 3.79 Å². The molecule has 0 atom stereocenters. The molecule has 0 fully saturated rings. The number of methoxy groups -OCH3 is 1. The monoisotopic (exact) mass is 288 g/mol. The van der Waals surface area contributed by atoms with Gasteiger partial charge in [-0.1, -0.05) is 34.8 Å². The molecule has 7 heteroatoms. The largest absolute Gasteiger partial charge is 0.493 e. The Morgan fingerprint density at radius 2 is 1.88 bits per heavy atom. The van der Waals surface area contributed by atoms with Crippen LogP contribution in [0.5, 0.6) is 5.75 Å². The molecule has 2 nitrogen and oxygen atoms in total. The number of rotatable bonds is 2. The lowest BCUT2D eigenvalue weighted by Crippen LogP contribution is -2.20. The Balaban J connectivity index is 3.38. The molecule has 0 heterocycles. The predicted molar refractivity (Wildman–Crippen MR) is 57.5 cm³/mol. The van der Waals surface area contributed by atoms with Crippen molar-refractivity contribution in [1.82, 2.24) is 0 Å². The maximum atomic E-state index is 13.2. The van der Waals surface area contributed by atoms with E-state index in [1.807, 2.05) is 0 Å². The Hall–Kier alpha value is -0.580. The molecule has 1 rings (SSSR count). The van der Waals surface area contributed by atoms with Crippen LogP contribution in [-0.4, -0.2) is 16.7 Å². The van der Waals surface area contributed by atoms with Gasteiger partial charge in [-0.25, -0.2) is 8.78 Å². The first-order valence-electron chi connectivity index (χ1n) is 3.92. The second-order valence-electron chi connectivity index (χ2n) is 2.80. The van der Waals surface area contributed by atoms with Gasteiger partial charge in [-0.15, -0.1) is 0 Å². The normalized spacial score (nSPS) is 11.4. The Morgan fingerprint density at radius 1 is 1.31 bits per heavy atom. The van der Waals surface area contributed by atoms with Crippen LogP contribution in [0.2, 0.25) is 0 Å². The van der Waals surface area contributed by atoms with Crippen LogP contribution in [0.1, 0.15) is 10.4 Å². The van der Waals surface area contributed by atoms with Crippen molar-refractivity contribution in [2.75, 3.05) is 7.11 Å². The van der Waals surface area contributed by atoms with Crippen LogP contribution >= 0.6 is 34.8 Å². The zero-order valence-electron chi connectivity index (χ0n) is 7.86. The van der Waals surface area contributed by atoms with Crippen LogP contribution in [0.25, 0.3) is 0 Å². The molecular formula is C9H5Cl3F2O2. The van der Waals surface area contributed by atoms with Gasteiger partial charge in [-0.2, -0.15) is 0 Å². The number of Topliss-reactive ketones (excluding diaryl/α,β-unsaturated/α-hetero) is 1. The fourth-order valence-corrected chi connectivity index (χ4v) is 1.39. The zero-order valence-corrected chi connectivity index (χ0v) is 10.1. The van der Waals surface area contributed by atoms with Gasteiger partial charge in [-0.05, 0) is 6.07 Å². The molecule has 0 bridgehead atoms. The van der Waals surface area contributed by atoms with Gasteiger partial charge in [0.05, 0.1) is 12.7 Å². The summed E-state index contributed by atoms with van der Waals surface area (Å²) >= 11 is 16.0. The van der Waals surface area contributed by atoms with Crippen molar-refractivity contribution in [3.63, 3.8) is 0 Å². The summed E-state index contributed by atoms with van der Waals surface area (Å²) in [5, 5.41) is 0. The molecule has 88 valence electrons. The molecular weight excluding hydrogens is 284 g/mol. The molecule has 0 aliphatic rings. The van der Waals surface area contributed by atoms with E-state index in [1.165, 1.54) is 0 Å². The Bertz CT molecular complexity index is 429. The molecule has 0 radical (unpaired) electrons. The Kier molecular flexibility index (Phi) is 3.99. The average Bonchev–Trinajstić information content (AvgIpc) is 2.14. The molecule has 0 unspecified atom stereocenters. The van der Waals surface area contributed by atoms with E-state index in [4.69, 9.17) is 34.8 Å². The first-order chi connectivity index (χ1) is 7.27. The lowest BCUT2D eigenvalue weighted by molar-refractivity contribution is 0.0992.